The van der Waals surface area contributed by atoms with Gasteiger partial charge in [-0.25, -0.2) is 0 Å². The second kappa shape index (κ2) is 11.7. The van der Waals surface area contributed by atoms with Crippen LogP contribution in [0.25, 0.3) is 0 Å². The van der Waals surface area contributed by atoms with Crippen LogP contribution in [0.5, 0.6) is 5.75 Å². The van der Waals surface area contributed by atoms with Crippen molar-refractivity contribution < 1.29 is 9.84 Å². The summed E-state index contributed by atoms with van der Waals surface area (Å²) in [5, 5.41) is 9.20. The highest BCUT2D eigenvalue weighted by Gasteiger charge is 2.10. The van der Waals surface area contributed by atoms with Gasteiger partial charge in [-0.3, -0.25) is 4.90 Å². The van der Waals surface area contributed by atoms with Crippen LogP contribution in [0.4, 0.5) is 5.69 Å². The molecule has 0 saturated carbocycles. The fraction of sp³-hybridized carbons (Fsp3) is 0.625. The Kier molecular flexibility index (Phi) is 11.1. The van der Waals surface area contributed by atoms with Gasteiger partial charge in [0, 0.05) is 24.3 Å². The van der Waals surface area contributed by atoms with Gasteiger partial charge in [0.15, 0.2) is 0 Å². The van der Waals surface area contributed by atoms with Crippen molar-refractivity contribution in [2.45, 2.75) is 39.2 Å². The van der Waals surface area contributed by atoms with Gasteiger partial charge in [-0.05, 0) is 31.2 Å². The molecule has 0 heterocycles. The Hall–Kier alpha value is -0.970. The molecule has 4 nitrogen and oxygen atoms in total. The molecule has 21 heavy (non-hydrogen) atoms. The molecular formula is C16H29ClN2O2. The van der Waals surface area contributed by atoms with Gasteiger partial charge in [-0.2, -0.15) is 0 Å². The molecule has 0 saturated heterocycles. The second-order valence-electron chi connectivity index (χ2n) is 5.13. The van der Waals surface area contributed by atoms with Crippen molar-refractivity contribution in [2.75, 3.05) is 32.5 Å². The smallest absolute Gasteiger partial charge is 0.123 e. The zero-order valence-corrected chi connectivity index (χ0v) is 14.0. The molecule has 0 aromatic heterocycles. The van der Waals surface area contributed by atoms with Gasteiger partial charge in [-0.15, -0.1) is 12.4 Å². The maximum atomic E-state index is 9.20. The molecule has 0 spiro atoms. The lowest BCUT2D eigenvalue weighted by molar-refractivity contribution is 0.186. The number of aliphatic hydroxyl groups is 1. The van der Waals surface area contributed by atoms with E-state index in [0.29, 0.717) is 6.54 Å². The van der Waals surface area contributed by atoms with Crippen molar-refractivity contribution in [1.82, 2.24) is 4.90 Å². The Morgan fingerprint density at radius 1 is 1.19 bits per heavy atom. The molecule has 1 aromatic carbocycles. The lowest BCUT2D eigenvalue weighted by Crippen LogP contribution is -2.27. The van der Waals surface area contributed by atoms with Crippen LogP contribution in [-0.4, -0.2) is 36.8 Å². The molecule has 122 valence electrons. The molecule has 0 unspecified atom stereocenters. The number of halogens is 1. The van der Waals surface area contributed by atoms with Crippen LogP contribution in [0.1, 0.15) is 38.2 Å². The first-order chi connectivity index (χ1) is 9.71. The summed E-state index contributed by atoms with van der Waals surface area (Å²) < 4.78 is 5.38. The van der Waals surface area contributed by atoms with Gasteiger partial charge >= 0.3 is 0 Å². The molecule has 0 radical (unpaired) electrons. The summed E-state index contributed by atoms with van der Waals surface area (Å²) in [5.41, 5.74) is 7.67. The number of benzene rings is 1. The van der Waals surface area contributed by atoms with E-state index >= 15 is 0 Å². The van der Waals surface area contributed by atoms with Crippen LogP contribution >= 0.6 is 12.4 Å². The lowest BCUT2D eigenvalue weighted by Gasteiger charge is -2.22. The van der Waals surface area contributed by atoms with Crippen LogP contribution in [0.15, 0.2) is 18.2 Å². The van der Waals surface area contributed by atoms with Crippen molar-refractivity contribution in [1.29, 1.82) is 0 Å². The number of rotatable bonds is 10. The fourth-order valence-electron chi connectivity index (χ4n) is 2.34. The maximum absolute atomic E-state index is 9.20. The molecule has 0 aliphatic carbocycles. The number of unbranched alkanes of at least 4 members (excludes halogenated alkanes) is 3. The zero-order valence-electron chi connectivity index (χ0n) is 13.2. The molecule has 3 N–H and O–H groups in total. The number of nitrogen functional groups attached to an aromatic ring is 1. The first-order valence-corrected chi connectivity index (χ1v) is 7.46. The Balaban J connectivity index is 0.00000400. The van der Waals surface area contributed by atoms with Crippen molar-refractivity contribution in [3.8, 4) is 5.75 Å². The molecular weight excluding hydrogens is 288 g/mol. The van der Waals surface area contributed by atoms with Crippen LogP contribution < -0.4 is 10.5 Å². The number of nitrogens with two attached hydrogens (primary N) is 1. The maximum Gasteiger partial charge on any atom is 0.123 e. The van der Waals surface area contributed by atoms with Crippen molar-refractivity contribution in [3.63, 3.8) is 0 Å². The van der Waals surface area contributed by atoms with E-state index in [1.54, 1.807) is 7.11 Å². The third kappa shape index (κ3) is 7.55. The highest BCUT2D eigenvalue weighted by Crippen LogP contribution is 2.22. The summed E-state index contributed by atoms with van der Waals surface area (Å²) in [4.78, 5) is 2.26. The minimum atomic E-state index is 0. The van der Waals surface area contributed by atoms with E-state index < -0.39 is 0 Å². The highest BCUT2D eigenvalue weighted by atomic mass is 35.5. The van der Waals surface area contributed by atoms with Crippen LogP contribution in [-0.2, 0) is 6.54 Å². The first-order valence-electron chi connectivity index (χ1n) is 7.46. The quantitative estimate of drug-likeness (QED) is 0.514. The topological polar surface area (TPSA) is 58.7 Å². The number of anilines is 1. The van der Waals surface area contributed by atoms with E-state index in [4.69, 9.17) is 10.5 Å². The fourth-order valence-corrected chi connectivity index (χ4v) is 2.34. The van der Waals surface area contributed by atoms with Gasteiger partial charge in [0.2, 0.25) is 0 Å². The Bertz CT molecular complexity index is 389. The van der Waals surface area contributed by atoms with Crippen LogP contribution in [0, 0.1) is 0 Å². The van der Waals surface area contributed by atoms with Crippen LogP contribution in [0.2, 0.25) is 0 Å². The van der Waals surface area contributed by atoms with Gasteiger partial charge in [0.25, 0.3) is 0 Å². The molecule has 0 aliphatic heterocycles. The van der Waals surface area contributed by atoms with Crippen molar-refractivity contribution >= 4 is 18.1 Å². The van der Waals surface area contributed by atoms with E-state index in [9.17, 15) is 5.11 Å². The third-order valence-corrected chi connectivity index (χ3v) is 3.44. The molecule has 0 aliphatic rings. The standard InChI is InChI=1S/C16H28N2O2.ClH/c1-3-4-5-6-9-18(10-11-19)13-14-12-15(17)7-8-16(14)20-2;/h7-8,12,19H,3-6,9-11,13,17H2,1-2H3;1H. The number of hydrogen-bond acceptors (Lipinski definition) is 4. The predicted octanol–water partition coefficient (Wildman–Crippen LogP) is 3.07. The molecule has 0 amide bonds. The normalized spacial score (nSPS) is 10.5. The van der Waals surface area contributed by atoms with Crippen LogP contribution in [0.3, 0.4) is 0 Å². The SMILES string of the molecule is CCCCCCN(CCO)Cc1cc(N)ccc1OC.Cl. The molecule has 1 aromatic rings. The third-order valence-electron chi connectivity index (χ3n) is 3.44. The summed E-state index contributed by atoms with van der Waals surface area (Å²) in [5.74, 6) is 0.857. The Labute approximate surface area is 134 Å². The van der Waals surface area contributed by atoms with Gasteiger partial charge < -0.3 is 15.6 Å². The average molecular weight is 317 g/mol. The Morgan fingerprint density at radius 3 is 2.57 bits per heavy atom. The molecule has 0 atom stereocenters. The number of nitrogens with zero attached hydrogens (tertiary/aromatic N) is 1. The van der Waals surface area contributed by atoms with Crippen molar-refractivity contribution in [2.24, 2.45) is 0 Å². The summed E-state index contributed by atoms with van der Waals surface area (Å²) in [6.45, 7) is 4.84. The average Bonchev–Trinajstić information content (AvgIpc) is 2.44. The first kappa shape index (κ1) is 20.0. The van der Waals surface area contributed by atoms with Gasteiger partial charge in [-0.1, -0.05) is 26.2 Å². The summed E-state index contributed by atoms with van der Waals surface area (Å²) >= 11 is 0. The highest BCUT2D eigenvalue weighted by molar-refractivity contribution is 5.85. The zero-order chi connectivity index (χ0) is 14.8. The van der Waals surface area contributed by atoms with E-state index in [2.05, 4.69) is 11.8 Å². The number of methoxy groups -OCH3 is 1. The number of aliphatic hydroxyl groups excluding tert-OH is 1. The van der Waals surface area contributed by atoms with Gasteiger partial charge in [0.05, 0.1) is 13.7 Å². The van der Waals surface area contributed by atoms with E-state index in [1.165, 1.54) is 25.7 Å². The minimum Gasteiger partial charge on any atom is -0.496 e. The minimum absolute atomic E-state index is 0. The molecule has 1 rings (SSSR count). The Morgan fingerprint density at radius 2 is 1.95 bits per heavy atom. The van der Waals surface area contributed by atoms with E-state index in [0.717, 1.165) is 30.1 Å². The number of hydrogen-bond donors (Lipinski definition) is 2. The van der Waals surface area contributed by atoms with Gasteiger partial charge in [0.1, 0.15) is 5.75 Å². The molecule has 5 heteroatoms. The molecule has 0 bridgehead atoms. The predicted molar refractivity (Wildman–Crippen MR) is 91.2 cm³/mol. The number of ether oxygens (including phenoxy) is 1. The molecule has 0 fully saturated rings. The largest absolute Gasteiger partial charge is 0.496 e. The second-order valence-corrected chi connectivity index (χ2v) is 5.13. The summed E-state index contributed by atoms with van der Waals surface area (Å²) in [6.07, 6.45) is 4.92. The van der Waals surface area contributed by atoms with Crippen molar-refractivity contribution in [3.05, 3.63) is 23.8 Å². The lowest BCUT2D eigenvalue weighted by atomic mass is 10.1. The summed E-state index contributed by atoms with van der Waals surface area (Å²) in [6, 6.07) is 5.70. The van der Waals surface area contributed by atoms with E-state index in [-0.39, 0.29) is 19.0 Å². The summed E-state index contributed by atoms with van der Waals surface area (Å²) in [7, 11) is 1.67. The van der Waals surface area contributed by atoms with E-state index in [1.807, 2.05) is 18.2 Å². The monoisotopic (exact) mass is 316 g/mol.